The van der Waals surface area contributed by atoms with Gasteiger partial charge in [0.25, 0.3) is 0 Å². The van der Waals surface area contributed by atoms with E-state index in [9.17, 15) is 0 Å². The molecule has 2 heteroatoms. The maximum atomic E-state index is 6.00. The van der Waals surface area contributed by atoms with Gasteiger partial charge in [-0.3, -0.25) is 4.99 Å². The van der Waals surface area contributed by atoms with Gasteiger partial charge in [0.15, 0.2) is 0 Å². The Kier molecular flexibility index (Phi) is 5.57. The molecule has 0 spiro atoms. The summed E-state index contributed by atoms with van der Waals surface area (Å²) in [6.45, 7) is 14.5. The van der Waals surface area contributed by atoms with E-state index in [0.29, 0.717) is 6.54 Å². The molecule has 0 aromatic heterocycles. The minimum Gasteiger partial charge on any atom is -0.326 e. The Balaban J connectivity index is 2.09. The predicted octanol–water partition coefficient (Wildman–Crippen LogP) is 6.44. The molecule has 0 radical (unpaired) electrons. The zero-order valence-electron chi connectivity index (χ0n) is 16.6. The number of hydrogen-bond acceptors (Lipinski definition) is 2. The maximum absolute atomic E-state index is 6.00. The van der Waals surface area contributed by atoms with Crippen LogP contribution in [0.5, 0.6) is 0 Å². The molecule has 0 atom stereocenters. The summed E-state index contributed by atoms with van der Waals surface area (Å²) in [6.07, 6.45) is 6.51. The molecule has 0 unspecified atom stereocenters. The van der Waals surface area contributed by atoms with Crippen molar-refractivity contribution in [3.63, 3.8) is 0 Å². The summed E-state index contributed by atoms with van der Waals surface area (Å²) in [4.78, 5) is 4.12. The Morgan fingerprint density at radius 3 is 2.33 bits per heavy atom. The lowest BCUT2D eigenvalue weighted by Crippen LogP contribution is -2.00. The SMILES string of the molecule is C=Nc1cc(C)c(-c2cc(CN)cc(C3=CC=C(C(=C)C)CC3)c2)cc1C. The highest BCUT2D eigenvalue weighted by Gasteiger charge is 2.13. The molecule has 0 bridgehead atoms. The van der Waals surface area contributed by atoms with Crippen LogP contribution in [-0.2, 0) is 6.54 Å². The fraction of sp³-hybridized carbons (Fsp3) is 0.240. The largest absolute Gasteiger partial charge is 0.326 e. The minimum absolute atomic E-state index is 0.533. The molecule has 1 aliphatic carbocycles. The number of nitrogens with two attached hydrogens (primary N) is 1. The van der Waals surface area contributed by atoms with Crippen molar-refractivity contribution in [2.45, 2.75) is 40.2 Å². The Morgan fingerprint density at radius 2 is 1.74 bits per heavy atom. The van der Waals surface area contributed by atoms with E-state index in [-0.39, 0.29) is 0 Å². The number of benzene rings is 2. The molecular weight excluding hydrogens is 328 g/mol. The Hall–Kier alpha value is -2.71. The summed E-state index contributed by atoms with van der Waals surface area (Å²) >= 11 is 0. The Morgan fingerprint density at radius 1 is 1.00 bits per heavy atom. The highest BCUT2D eigenvalue weighted by molar-refractivity contribution is 5.78. The van der Waals surface area contributed by atoms with Crippen LogP contribution in [0.15, 0.2) is 65.2 Å². The van der Waals surface area contributed by atoms with Crippen molar-refractivity contribution in [1.29, 1.82) is 0 Å². The highest BCUT2D eigenvalue weighted by Crippen LogP contribution is 2.35. The van der Waals surface area contributed by atoms with E-state index in [1.165, 1.54) is 33.4 Å². The number of allylic oxidation sites excluding steroid dienone is 5. The minimum atomic E-state index is 0.533. The number of aryl methyl sites for hydroxylation is 2. The summed E-state index contributed by atoms with van der Waals surface area (Å²) in [5.74, 6) is 0. The van der Waals surface area contributed by atoms with E-state index in [1.807, 2.05) is 0 Å². The fourth-order valence-corrected chi connectivity index (χ4v) is 3.67. The third-order valence-corrected chi connectivity index (χ3v) is 5.32. The number of hydrogen-bond donors (Lipinski definition) is 1. The molecule has 1 aliphatic rings. The molecule has 27 heavy (non-hydrogen) atoms. The van der Waals surface area contributed by atoms with Crippen LogP contribution >= 0.6 is 0 Å². The van der Waals surface area contributed by atoms with Crippen LogP contribution < -0.4 is 5.73 Å². The van der Waals surface area contributed by atoms with Gasteiger partial charge in [0, 0.05) is 6.54 Å². The molecule has 0 fully saturated rings. The van der Waals surface area contributed by atoms with Crippen LogP contribution in [0.2, 0.25) is 0 Å². The normalized spacial score (nSPS) is 13.8. The van der Waals surface area contributed by atoms with Gasteiger partial charge in [-0.1, -0.05) is 30.4 Å². The van der Waals surface area contributed by atoms with Crippen LogP contribution in [0.4, 0.5) is 5.69 Å². The second-order valence-electron chi connectivity index (χ2n) is 7.40. The van der Waals surface area contributed by atoms with Gasteiger partial charge in [-0.2, -0.15) is 0 Å². The summed E-state index contributed by atoms with van der Waals surface area (Å²) < 4.78 is 0. The van der Waals surface area contributed by atoms with E-state index < -0.39 is 0 Å². The lowest BCUT2D eigenvalue weighted by molar-refractivity contribution is 0.983. The summed E-state index contributed by atoms with van der Waals surface area (Å²) in [5, 5.41) is 0. The zero-order valence-corrected chi connectivity index (χ0v) is 16.6. The van der Waals surface area contributed by atoms with Crippen molar-refractivity contribution in [3.05, 3.63) is 82.5 Å². The van der Waals surface area contributed by atoms with Gasteiger partial charge >= 0.3 is 0 Å². The molecule has 3 rings (SSSR count). The smallest absolute Gasteiger partial charge is 0.0654 e. The van der Waals surface area contributed by atoms with Gasteiger partial charge in [-0.05, 0) is 109 Å². The third kappa shape index (κ3) is 4.01. The number of nitrogens with zero attached hydrogens (tertiary/aromatic N) is 1. The first-order valence-corrected chi connectivity index (χ1v) is 9.41. The lowest BCUT2D eigenvalue weighted by Gasteiger charge is -2.18. The quantitative estimate of drug-likeness (QED) is 0.615. The predicted molar refractivity (Wildman–Crippen MR) is 119 cm³/mol. The fourth-order valence-electron chi connectivity index (χ4n) is 3.67. The molecule has 0 saturated carbocycles. The van der Waals surface area contributed by atoms with Crippen LogP contribution in [0.25, 0.3) is 16.7 Å². The molecule has 2 aromatic carbocycles. The molecule has 0 aliphatic heterocycles. The highest BCUT2D eigenvalue weighted by atomic mass is 14.7. The first kappa shape index (κ1) is 19.1. The van der Waals surface area contributed by atoms with Crippen LogP contribution in [0, 0.1) is 13.8 Å². The number of rotatable bonds is 5. The summed E-state index contributed by atoms with van der Waals surface area (Å²) in [6, 6.07) is 11.0. The molecule has 0 saturated heterocycles. The monoisotopic (exact) mass is 356 g/mol. The van der Waals surface area contributed by atoms with E-state index in [4.69, 9.17) is 5.73 Å². The first-order chi connectivity index (χ1) is 12.9. The van der Waals surface area contributed by atoms with E-state index in [0.717, 1.165) is 35.2 Å². The lowest BCUT2D eigenvalue weighted by atomic mass is 9.87. The average Bonchev–Trinajstić information content (AvgIpc) is 2.69. The van der Waals surface area contributed by atoms with E-state index >= 15 is 0 Å². The average molecular weight is 357 g/mol. The first-order valence-electron chi connectivity index (χ1n) is 9.41. The summed E-state index contributed by atoms with van der Waals surface area (Å²) in [7, 11) is 0. The Labute approximate surface area is 162 Å². The van der Waals surface area contributed by atoms with Crippen molar-refractivity contribution in [3.8, 4) is 11.1 Å². The third-order valence-electron chi connectivity index (χ3n) is 5.32. The topological polar surface area (TPSA) is 38.4 Å². The molecule has 2 N–H and O–H groups in total. The second-order valence-corrected chi connectivity index (χ2v) is 7.40. The molecule has 2 aromatic rings. The number of aliphatic imine (C=N–C) groups is 1. The van der Waals surface area contributed by atoms with E-state index in [1.54, 1.807) is 0 Å². The molecular formula is C25H28N2. The maximum Gasteiger partial charge on any atom is 0.0654 e. The van der Waals surface area contributed by atoms with Crippen molar-refractivity contribution < 1.29 is 0 Å². The van der Waals surface area contributed by atoms with Crippen molar-refractivity contribution in [2.75, 3.05) is 0 Å². The standard InChI is InChI=1S/C25H28N2/c1-16(2)20-6-8-21(9-7-20)22-12-19(15-26)13-23(14-22)24-10-18(4)25(27-5)11-17(24)3/h6,8,10-14H,1,5,7,9,15,26H2,2-4H3. The molecule has 2 nitrogen and oxygen atoms in total. The van der Waals surface area contributed by atoms with Crippen molar-refractivity contribution >= 4 is 18.0 Å². The zero-order chi connectivity index (χ0) is 19.6. The van der Waals surface area contributed by atoms with Crippen LogP contribution in [0.3, 0.4) is 0 Å². The van der Waals surface area contributed by atoms with Crippen molar-refractivity contribution in [2.24, 2.45) is 10.7 Å². The van der Waals surface area contributed by atoms with Crippen LogP contribution in [-0.4, -0.2) is 6.72 Å². The molecule has 0 amide bonds. The second kappa shape index (κ2) is 7.89. The molecule has 0 heterocycles. The molecule has 138 valence electrons. The Bertz CT molecular complexity index is 974. The van der Waals surface area contributed by atoms with Gasteiger partial charge in [0.1, 0.15) is 0 Å². The van der Waals surface area contributed by atoms with Gasteiger partial charge in [0.05, 0.1) is 5.69 Å². The van der Waals surface area contributed by atoms with E-state index in [2.05, 4.69) is 81.5 Å². The van der Waals surface area contributed by atoms with Gasteiger partial charge in [-0.25, -0.2) is 0 Å². The van der Waals surface area contributed by atoms with Gasteiger partial charge < -0.3 is 5.73 Å². The van der Waals surface area contributed by atoms with Crippen molar-refractivity contribution in [1.82, 2.24) is 0 Å². The van der Waals surface area contributed by atoms with Gasteiger partial charge in [-0.15, -0.1) is 0 Å². The van der Waals surface area contributed by atoms with Crippen LogP contribution in [0.1, 0.15) is 42.0 Å². The summed E-state index contributed by atoms with van der Waals surface area (Å²) in [5.41, 5.74) is 18.0. The van der Waals surface area contributed by atoms with Gasteiger partial charge in [0.2, 0.25) is 0 Å².